The number of aromatic nitrogens is 2. The van der Waals surface area contributed by atoms with Gasteiger partial charge in [-0.15, -0.1) is 35.7 Å². The molecule has 0 fully saturated rings. The Morgan fingerprint density at radius 1 is 1.31 bits per heavy atom. The predicted molar refractivity (Wildman–Crippen MR) is 123 cm³/mol. The summed E-state index contributed by atoms with van der Waals surface area (Å²) in [5.74, 6) is 0.959. The summed E-state index contributed by atoms with van der Waals surface area (Å²) in [6.45, 7) is 6.69. The van der Waals surface area contributed by atoms with E-state index in [4.69, 9.17) is 4.99 Å². The molecule has 2 aromatic rings. The monoisotopic (exact) mass is 487 g/mol. The highest BCUT2D eigenvalue weighted by atomic mass is 127. The highest BCUT2D eigenvalue weighted by Gasteiger charge is 2.07. The Kier molecular flexibility index (Phi) is 10.7. The number of H-pyrrole nitrogens is 1. The van der Waals surface area contributed by atoms with Crippen molar-refractivity contribution in [3.8, 4) is 0 Å². The number of hydrogen-bond donors (Lipinski definition) is 2. The van der Waals surface area contributed by atoms with Crippen LogP contribution in [0.2, 0.25) is 0 Å². The summed E-state index contributed by atoms with van der Waals surface area (Å²) in [6, 6.07) is 8.72. The number of benzene rings is 1. The normalized spacial score (nSPS) is 11.2. The maximum absolute atomic E-state index is 4.77. The Balaban J connectivity index is 0.00000338. The zero-order chi connectivity index (χ0) is 18.1. The minimum atomic E-state index is 0. The van der Waals surface area contributed by atoms with E-state index in [0.717, 1.165) is 44.1 Å². The number of nitrogens with one attached hydrogen (secondary N) is 2. The molecule has 0 aliphatic heterocycles. The lowest BCUT2D eigenvalue weighted by atomic mass is 10.1. The Hall–Kier alpha value is -1.22. The number of aryl methyl sites for hydroxylation is 2. The van der Waals surface area contributed by atoms with Crippen LogP contribution in [0.3, 0.4) is 0 Å². The molecule has 1 aromatic carbocycles. The van der Waals surface area contributed by atoms with Crippen LogP contribution in [0.25, 0.3) is 0 Å². The summed E-state index contributed by atoms with van der Waals surface area (Å²) in [4.78, 5) is 8.24. The zero-order valence-electron chi connectivity index (χ0n) is 16.1. The Morgan fingerprint density at radius 3 is 2.62 bits per heavy atom. The Bertz CT molecular complexity index is 669. The van der Waals surface area contributed by atoms with Crippen LogP contribution in [0.5, 0.6) is 0 Å². The highest BCUT2D eigenvalue weighted by molar-refractivity contribution is 14.0. The molecule has 0 atom stereocenters. The molecule has 26 heavy (non-hydrogen) atoms. The zero-order valence-corrected chi connectivity index (χ0v) is 19.2. The van der Waals surface area contributed by atoms with Gasteiger partial charge in [0.25, 0.3) is 0 Å². The lowest BCUT2D eigenvalue weighted by molar-refractivity contribution is 0.476. The fraction of sp³-hybridized carbons (Fsp3) is 0.474. The average molecular weight is 487 g/mol. The highest BCUT2D eigenvalue weighted by Crippen LogP contribution is 2.15. The summed E-state index contributed by atoms with van der Waals surface area (Å²) in [5, 5.41) is 10.4. The van der Waals surface area contributed by atoms with Crippen molar-refractivity contribution in [3.05, 3.63) is 47.3 Å². The molecule has 0 amide bonds. The van der Waals surface area contributed by atoms with E-state index in [1.54, 1.807) is 11.8 Å². The van der Waals surface area contributed by atoms with Gasteiger partial charge in [-0.25, -0.2) is 0 Å². The topological polar surface area (TPSA) is 56.3 Å². The molecular formula is C19H30IN5S. The van der Waals surface area contributed by atoms with Crippen molar-refractivity contribution >= 4 is 41.7 Å². The van der Waals surface area contributed by atoms with Gasteiger partial charge in [0.15, 0.2) is 5.96 Å². The summed E-state index contributed by atoms with van der Waals surface area (Å²) in [5.41, 5.74) is 3.73. The first-order valence-electron chi connectivity index (χ1n) is 8.75. The third kappa shape index (κ3) is 7.19. The van der Waals surface area contributed by atoms with Crippen LogP contribution in [-0.4, -0.2) is 47.4 Å². The van der Waals surface area contributed by atoms with Gasteiger partial charge < -0.3 is 10.2 Å². The van der Waals surface area contributed by atoms with Gasteiger partial charge in [-0.1, -0.05) is 12.1 Å². The molecule has 0 aliphatic rings. The van der Waals surface area contributed by atoms with E-state index < -0.39 is 0 Å². The van der Waals surface area contributed by atoms with E-state index >= 15 is 0 Å². The number of nitrogens with zero attached hydrogens (tertiary/aromatic N) is 3. The number of aliphatic imine (C=N–C) groups is 1. The molecule has 0 radical (unpaired) electrons. The molecule has 2 rings (SSSR count). The Labute approximate surface area is 178 Å². The van der Waals surface area contributed by atoms with E-state index in [2.05, 4.69) is 71.8 Å². The second-order valence-corrected chi connectivity index (χ2v) is 6.94. The SMILES string of the molecule is CCNC(=NCCCc1cn[nH]c1C)N(C)Cc1ccc(SC)cc1.I. The lowest BCUT2D eigenvalue weighted by Crippen LogP contribution is -2.38. The van der Waals surface area contributed by atoms with Crippen molar-refractivity contribution in [1.82, 2.24) is 20.4 Å². The number of aromatic amines is 1. The fourth-order valence-corrected chi connectivity index (χ4v) is 3.04. The van der Waals surface area contributed by atoms with Gasteiger partial charge in [-0.2, -0.15) is 5.10 Å². The van der Waals surface area contributed by atoms with Gasteiger partial charge in [-0.3, -0.25) is 10.1 Å². The Morgan fingerprint density at radius 2 is 2.04 bits per heavy atom. The molecule has 0 saturated carbocycles. The first-order chi connectivity index (χ1) is 12.1. The number of guanidine groups is 1. The third-order valence-electron chi connectivity index (χ3n) is 4.08. The molecule has 0 aliphatic carbocycles. The van der Waals surface area contributed by atoms with Crippen molar-refractivity contribution in [2.24, 2.45) is 4.99 Å². The van der Waals surface area contributed by atoms with Crippen LogP contribution in [0.15, 0.2) is 40.4 Å². The number of halogens is 1. The van der Waals surface area contributed by atoms with Crippen molar-refractivity contribution in [3.63, 3.8) is 0 Å². The predicted octanol–water partition coefficient (Wildman–Crippen LogP) is 4.09. The van der Waals surface area contributed by atoms with E-state index in [-0.39, 0.29) is 24.0 Å². The molecule has 2 N–H and O–H groups in total. The standard InChI is InChI=1S/C19H29N5S.HI/c1-5-20-19(21-12-6-7-17-13-22-23-15(17)2)24(3)14-16-8-10-18(25-4)11-9-16;/h8-11,13H,5-7,12,14H2,1-4H3,(H,20,21)(H,22,23);1H. The van der Waals surface area contributed by atoms with Gasteiger partial charge in [0, 0.05) is 37.3 Å². The summed E-state index contributed by atoms with van der Waals surface area (Å²) >= 11 is 1.77. The third-order valence-corrected chi connectivity index (χ3v) is 4.82. The van der Waals surface area contributed by atoms with Gasteiger partial charge >= 0.3 is 0 Å². The van der Waals surface area contributed by atoms with Gasteiger partial charge in [0.05, 0.1) is 6.20 Å². The van der Waals surface area contributed by atoms with Crippen LogP contribution in [0, 0.1) is 6.92 Å². The minimum absolute atomic E-state index is 0. The first-order valence-corrected chi connectivity index (χ1v) is 9.97. The van der Waals surface area contributed by atoms with Crippen LogP contribution >= 0.6 is 35.7 Å². The van der Waals surface area contributed by atoms with E-state index in [9.17, 15) is 0 Å². The molecule has 0 spiro atoms. The summed E-state index contributed by atoms with van der Waals surface area (Å²) < 4.78 is 0. The average Bonchev–Trinajstić information content (AvgIpc) is 3.03. The lowest BCUT2D eigenvalue weighted by Gasteiger charge is -2.22. The van der Waals surface area contributed by atoms with E-state index in [0.29, 0.717) is 0 Å². The van der Waals surface area contributed by atoms with Gasteiger partial charge in [-0.05, 0) is 56.2 Å². The second kappa shape index (κ2) is 12.2. The van der Waals surface area contributed by atoms with Crippen molar-refractivity contribution < 1.29 is 0 Å². The second-order valence-electron chi connectivity index (χ2n) is 6.06. The molecule has 144 valence electrons. The smallest absolute Gasteiger partial charge is 0.193 e. The number of rotatable bonds is 8. The first kappa shape index (κ1) is 22.8. The van der Waals surface area contributed by atoms with E-state index in [1.165, 1.54) is 16.0 Å². The molecule has 1 heterocycles. The number of hydrogen-bond acceptors (Lipinski definition) is 3. The minimum Gasteiger partial charge on any atom is -0.357 e. The molecule has 5 nitrogen and oxygen atoms in total. The molecule has 0 saturated heterocycles. The van der Waals surface area contributed by atoms with Crippen molar-refractivity contribution in [2.75, 3.05) is 26.4 Å². The van der Waals surface area contributed by atoms with Crippen LogP contribution in [0.4, 0.5) is 0 Å². The van der Waals surface area contributed by atoms with Crippen molar-refractivity contribution in [2.45, 2.75) is 38.1 Å². The fourth-order valence-electron chi connectivity index (χ4n) is 2.63. The van der Waals surface area contributed by atoms with Gasteiger partial charge in [0.2, 0.25) is 0 Å². The molecule has 0 bridgehead atoms. The summed E-state index contributed by atoms with van der Waals surface area (Å²) in [6.07, 6.45) is 6.04. The van der Waals surface area contributed by atoms with Crippen LogP contribution < -0.4 is 5.32 Å². The maximum Gasteiger partial charge on any atom is 0.193 e. The van der Waals surface area contributed by atoms with Crippen LogP contribution in [-0.2, 0) is 13.0 Å². The van der Waals surface area contributed by atoms with E-state index in [1.807, 2.05) is 6.20 Å². The molecule has 7 heteroatoms. The van der Waals surface area contributed by atoms with Crippen LogP contribution in [0.1, 0.15) is 30.2 Å². The maximum atomic E-state index is 4.77. The summed E-state index contributed by atoms with van der Waals surface area (Å²) in [7, 11) is 2.09. The van der Waals surface area contributed by atoms with Gasteiger partial charge in [0.1, 0.15) is 0 Å². The largest absolute Gasteiger partial charge is 0.357 e. The molecular weight excluding hydrogens is 457 g/mol. The number of thioether (sulfide) groups is 1. The quantitative estimate of drug-likeness (QED) is 0.194. The van der Waals surface area contributed by atoms with Crippen molar-refractivity contribution in [1.29, 1.82) is 0 Å². The molecule has 0 unspecified atom stereocenters. The molecule has 1 aromatic heterocycles.